The van der Waals surface area contributed by atoms with Crippen LogP contribution in [0.4, 0.5) is 0 Å². The Morgan fingerprint density at radius 2 is 1.95 bits per heavy atom. The Morgan fingerprint density at radius 1 is 1.25 bits per heavy atom. The van der Waals surface area contributed by atoms with Crippen LogP contribution < -0.4 is 4.74 Å². The van der Waals surface area contributed by atoms with Crippen molar-refractivity contribution in [3.63, 3.8) is 0 Å². The number of hydrogen-bond donors (Lipinski definition) is 0. The predicted molar refractivity (Wildman–Crippen MR) is 70.9 cm³/mol. The summed E-state index contributed by atoms with van der Waals surface area (Å²) >= 11 is 5.99. The highest BCUT2D eigenvalue weighted by molar-refractivity contribution is 6.31. The number of fused-ring (bicyclic) bond motifs is 1. The van der Waals surface area contributed by atoms with Gasteiger partial charge in [0.2, 0.25) is 5.88 Å². The third-order valence-electron chi connectivity index (χ3n) is 3.31. The summed E-state index contributed by atoms with van der Waals surface area (Å²) in [5.41, 5.74) is 0. The highest BCUT2D eigenvalue weighted by atomic mass is 35.5. The Balaban J connectivity index is 1.65. The fourth-order valence-corrected chi connectivity index (χ4v) is 2.68. The Hall–Kier alpha value is -0.950. The Bertz CT molecular complexity index is 473. The van der Waals surface area contributed by atoms with E-state index < -0.39 is 0 Å². The highest BCUT2D eigenvalue weighted by Gasteiger charge is 2.50. The van der Waals surface area contributed by atoms with Gasteiger partial charge in [0.25, 0.3) is 0 Å². The molecule has 0 radical (unpaired) electrons. The molecule has 1 aromatic rings. The largest absolute Gasteiger partial charge is 0.468 e. The van der Waals surface area contributed by atoms with Crippen molar-refractivity contribution in [3.8, 4) is 5.88 Å². The monoisotopic (exact) mass is 300 g/mol. The zero-order valence-corrected chi connectivity index (χ0v) is 12.1. The van der Waals surface area contributed by atoms with E-state index in [-0.39, 0.29) is 30.5 Å². The predicted octanol–water partition coefficient (Wildman–Crippen LogP) is 1.47. The summed E-state index contributed by atoms with van der Waals surface area (Å²) in [6, 6.07) is 0. The molecular weight excluding hydrogens is 284 g/mol. The van der Waals surface area contributed by atoms with Crippen LogP contribution in [0.3, 0.4) is 0 Å². The van der Waals surface area contributed by atoms with Crippen LogP contribution in [-0.2, 0) is 14.2 Å². The lowest BCUT2D eigenvalue weighted by Crippen LogP contribution is -2.36. The van der Waals surface area contributed by atoms with Crippen molar-refractivity contribution in [2.24, 2.45) is 0 Å². The van der Waals surface area contributed by atoms with Crippen LogP contribution in [0, 0.1) is 0 Å². The van der Waals surface area contributed by atoms with Crippen LogP contribution in [0.25, 0.3) is 0 Å². The van der Waals surface area contributed by atoms with Crippen LogP contribution in [-0.4, -0.2) is 53.7 Å². The molecule has 20 heavy (non-hydrogen) atoms. The van der Waals surface area contributed by atoms with Crippen molar-refractivity contribution in [2.75, 3.05) is 13.2 Å². The molecule has 2 aliphatic heterocycles. The van der Waals surface area contributed by atoms with Gasteiger partial charge in [0, 0.05) is 0 Å². The maximum absolute atomic E-state index is 5.99. The molecule has 6 nitrogen and oxygen atoms in total. The SMILES string of the molecule is CC(C)O[C@@H]1CO[C@H]2[C@@H]1OC[C@H]2Oc1ncncc1Cl. The molecule has 0 bridgehead atoms. The average molecular weight is 301 g/mol. The molecule has 2 aliphatic rings. The molecule has 0 unspecified atom stereocenters. The van der Waals surface area contributed by atoms with E-state index in [4.69, 9.17) is 30.5 Å². The van der Waals surface area contributed by atoms with Crippen LogP contribution in [0.15, 0.2) is 12.5 Å². The Morgan fingerprint density at radius 3 is 2.65 bits per heavy atom. The smallest absolute Gasteiger partial charge is 0.236 e. The molecule has 0 aromatic carbocycles. The average Bonchev–Trinajstić information content (AvgIpc) is 2.96. The van der Waals surface area contributed by atoms with Gasteiger partial charge in [0.1, 0.15) is 29.7 Å². The van der Waals surface area contributed by atoms with Gasteiger partial charge in [-0.05, 0) is 13.8 Å². The second kappa shape index (κ2) is 5.81. The van der Waals surface area contributed by atoms with Crippen molar-refractivity contribution < 1.29 is 18.9 Å². The molecule has 2 fully saturated rings. The van der Waals surface area contributed by atoms with Gasteiger partial charge in [0.05, 0.1) is 25.5 Å². The molecule has 0 N–H and O–H groups in total. The zero-order valence-electron chi connectivity index (χ0n) is 11.4. The fourth-order valence-electron chi connectivity index (χ4n) is 2.53. The van der Waals surface area contributed by atoms with E-state index in [0.29, 0.717) is 24.1 Å². The van der Waals surface area contributed by atoms with Gasteiger partial charge < -0.3 is 18.9 Å². The van der Waals surface area contributed by atoms with E-state index in [1.165, 1.54) is 12.5 Å². The van der Waals surface area contributed by atoms with Gasteiger partial charge in [-0.3, -0.25) is 0 Å². The first-order valence-corrected chi connectivity index (χ1v) is 7.04. The highest BCUT2D eigenvalue weighted by Crippen LogP contribution is 2.32. The van der Waals surface area contributed by atoms with Crippen LogP contribution in [0.5, 0.6) is 5.88 Å². The van der Waals surface area contributed by atoms with Crippen molar-refractivity contribution in [3.05, 3.63) is 17.5 Å². The van der Waals surface area contributed by atoms with E-state index in [0.717, 1.165) is 0 Å². The van der Waals surface area contributed by atoms with Gasteiger partial charge >= 0.3 is 0 Å². The van der Waals surface area contributed by atoms with Crippen LogP contribution in [0.2, 0.25) is 5.02 Å². The molecular formula is C13H17ClN2O4. The molecule has 3 heterocycles. The number of ether oxygens (including phenoxy) is 4. The van der Waals surface area contributed by atoms with Crippen molar-refractivity contribution in [1.82, 2.24) is 9.97 Å². The number of hydrogen-bond acceptors (Lipinski definition) is 6. The minimum atomic E-state index is -0.229. The summed E-state index contributed by atoms with van der Waals surface area (Å²) in [7, 11) is 0. The lowest BCUT2D eigenvalue weighted by atomic mass is 10.1. The first kappa shape index (κ1) is 14.0. The number of halogens is 1. The van der Waals surface area contributed by atoms with E-state index in [9.17, 15) is 0 Å². The normalized spacial score (nSPS) is 32.6. The number of aromatic nitrogens is 2. The molecule has 0 aliphatic carbocycles. The second-order valence-corrected chi connectivity index (χ2v) is 5.56. The first-order valence-electron chi connectivity index (χ1n) is 6.66. The third kappa shape index (κ3) is 2.74. The Kier molecular flexibility index (Phi) is 4.07. The van der Waals surface area contributed by atoms with Gasteiger partial charge in [-0.25, -0.2) is 9.97 Å². The summed E-state index contributed by atoms with van der Waals surface area (Å²) in [5.74, 6) is 0.354. The topological polar surface area (TPSA) is 62.7 Å². The summed E-state index contributed by atoms with van der Waals surface area (Å²) < 4.78 is 23.1. The van der Waals surface area contributed by atoms with E-state index in [1.54, 1.807) is 0 Å². The van der Waals surface area contributed by atoms with Gasteiger partial charge in [0.15, 0.2) is 6.10 Å². The first-order chi connectivity index (χ1) is 9.65. The van der Waals surface area contributed by atoms with Crippen LogP contribution >= 0.6 is 11.6 Å². The minimum Gasteiger partial charge on any atom is -0.468 e. The Labute approximate surface area is 122 Å². The van der Waals surface area contributed by atoms with Gasteiger partial charge in [-0.1, -0.05) is 11.6 Å². The second-order valence-electron chi connectivity index (χ2n) is 5.15. The van der Waals surface area contributed by atoms with Gasteiger partial charge in [-0.15, -0.1) is 0 Å². The minimum absolute atomic E-state index is 0.0468. The number of rotatable bonds is 4. The van der Waals surface area contributed by atoms with Crippen molar-refractivity contribution >= 4 is 11.6 Å². The lowest BCUT2D eigenvalue weighted by molar-refractivity contribution is -0.0599. The fraction of sp³-hybridized carbons (Fsp3) is 0.692. The molecule has 110 valence electrons. The quantitative estimate of drug-likeness (QED) is 0.839. The van der Waals surface area contributed by atoms with Crippen molar-refractivity contribution in [1.29, 1.82) is 0 Å². The van der Waals surface area contributed by atoms with Crippen molar-refractivity contribution in [2.45, 2.75) is 44.4 Å². The summed E-state index contributed by atoms with van der Waals surface area (Å²) in [5, 5.41) is 0.379. The standard InChI is InChI=1S/C13H17ClN2O4/c1-7(2)19-9-4-17-12-10(5-18-11(9)12)20-13-8(14)3-15-6-16-13/h3,6-7,9-12H,4-5H2,1-2H3/t9-,10-,11-,12-/m1/s1. The zero-order chi connectivity index (χ0) is 14.1. The van der Waals surface area contributed by atoms with Gasteiger partial charge in [-0.2, -0.15) is 0 Å². The molecule has 1 aromatic heterocycles. The summed E-state index contributed by atoms with van der Waals surface area (Å²) in [6.45, 7) is 4.95. The van der Waals surface area contributed by atoms with E-state index >= 15 is 0 Å². The van der Waals surface area contributed by atoms with E-state index in [2.05, 4.69) is 9.97 Å². The number of nitrogens with zero attached hydrogens (tertiary/aromatic N) is 2. The molecule has 7 heteroatoms. The molecule has 0 amide bonds. The lowest BCUT2D eigenvalue weighted by Gasteiger charge is -2.19. The molecule has 0 saturated carbocycles. The summed E-state index contributed by atoms with van der Waals surface area (Å²) in [4.78, 5) is 7.84. The maximum Gasteiger partial charge on any atom is 0.236 e. The molecule has 4 atom stereocenters. The molecule has 3 rings (SSSR count). The summed E-state index contributed by atoms with van der Waals surface area (Å²) in [6.07, 6.45) is 2.52. The molecule has 2 saturated heterocycles. The van der Waals surface area contributed by atoms with Crippen LogP contribution in [0.1, 0.15) is 13.8 Å². The maximum atomic E-state index is 5.99. The third-order valence-corrected chi connectivity index (χ3v) is 3.57. The molecule has 0 spiro atoms. The van der Waals surface area contributed by atoms with E-state index in [1.807, 2.05) is 13.8 Å².